The second-order valence-corrected chi connectivity index (χ2v) is 14.6. The number of anilines is 3. The van der Waals surface area contributed by atoms with E-state index in [9.17, 15) is 5.48 Å². The third kappa shape index (κ3) is 7.46. The number of rotatable bonds is 9. The molecule has 1 heteroatoms. The number of hydrogen-bond acceptors (Lipinski definition) is 1. The van der Waals surface area contributed by atoms with Gasteiger partial charge in [-0.25, -0.2) is 0 Å². The highest BCUT2D eigenvalue weighted by Crippen LogP contribution is 2.39. The van der Waals surface area contributed by atoms with E-state index in [4.69, 9.17) is 0 Å². The van der Waals surface area contributed by atoms with Crippen LogP contribution in [0.3, 0.4) is 0 Å². The number of fused-ring (bicyclic) bond motifs is 1. The van der Waals surface area contributed by atoms with Crippen LogP contribution in [0.15, 0.2) is 249 Å². The van der Waals surface area contributed by atoms with Crippen molar-refractivity contribution in [1.82, 2.24) is 0 Å². The molecule has 59 heavy (non-hydrogen) atoms. The summed E-state index contributed by atoms with van der Waals surface area (Å²) in [5.74, 6) is 0. The molecule has 0 amide bonds. The van der Waals surface area contributed by atoms with Gasteiger partial charge in [0.2, 0.25) is 0 Å². The molecule has 10 aromatic rings. The fourth-order valence-electron chi connectivity index (χ4n) is 7.87. The minimum atomic E-state index is -0.122. The summed E-state index contributed by atoms with van der Waals surface area (Å²) in [7, 11) is 0. The molecule has 0 spiro atoms. The number of nitrogens with zero attached hydrogens (tertiary/aromatic N) is 1. The fraction of sp³-hybridized carbons (Fsp3) is 0. The Morgan fingerprint density at radius 3 is 1.14 bits per heavy atom. The molecule has 0 aliphatic carbocycles. The number of benzene rings is 10. The Labute approximate surface area is 352 Å². The molecular formula is C58H41N. The second-order valence-electron chi connectivity index (χ2n) is 14.6. The smallest absolute Gasteiger partial charge is 0.0645 e. The summed E-state index contributed by atoms with van der Waals surface area (Å²) in [6.45, 7) is 0. The van der Waals surface area contributed by atoms with Crippen molar-refractivity contribution in [3.05, 3.63) is 249 Å². The maximum absolute atomic E-state index is 9.58. The summed E-state index contributed by atoms with van der Waals surface area (Å²) in [4.78, 5) is 1.85. The third-order valence-electron chi connectivity index (χ3n) is 11.0. The van der Waals surface area contributed by atoms with Gasteiger partial charge in [0.15, 0.2) is 0 Å². The van der Waals surface area contributed by atoms with E-state index in [1.165, 1.54) is 0 Å². The summed E-state index contributed by atoms with van der Waals surface area (Å²) in [6, 6.07) is 75.6. The quantitative estimate of drug-likeness (QED) is 0.142. The van der Waals surface area contributed by atoms with E-state index in [-0.39, 0.29) is 35.4 Å². The zero-order chi connectivity index (χ0) is 42.9. The first-order valence-corrected chi connectivity index (χ1v) is 19.9. The maximum Gasteiger partial charge on any atom is 0.0645 e. The lowest BCUT2D eigenvalue weighted by Gasteiger charge is -2.26. The van der Waals surface area contributed by atoms with Crippen molar-refractivity contribution >= 4 is 27.8 Å². The summed E-state index contributed by atoms with van der Waals surface area (Å²) in [5.41, 5.74) is 13.3. The van der Waals surface area contributed by atoms with Gasteiger partial charge in [-0.05, 0) is 120 Å². The fourth-order valence-corrected chi connectivity index (χ4v) is 7.87. The molecule has 0 atom stereocenters. The van der Waals surface area contributed by atoms with Crippen LogP contribution in [0.2, 0.25) is 0 Å². The van der Waals surface area contributed by atoms with Crippen LogP contribution in [0.5, 0.6) is 0 Å². The molecule has 0 fully saturated rings. The van der Waals surface area contributed by atoms with Gasteiger partial charge < -0.3 is 4.90 Å². The van der Waals surface area contributed by atoms with Crippen LogP contribution < -0.4 is 4.90 Å². The Morgan fingerprint density at radius 1 is 0.254 bits per heavy atom. The third-order valence-corrected chi connectivity index (χ3v) is 11.0. The van der Waals surface area contributed by atoms with Crippen LogP contribution in [0.25, 0.3) is 77.5 Å². The van der Waals surface area contributed by atoms with Crippen LogP contribution in [0, 0.1) is 0 Å². The van der Waals surface area contributed by atoms with E-state index in [2.05, 4.69) is 97.1 Å². The molecule has 0 aliphatic heterocycles. The van der Waals surface area contributed by atoms with Crippen molar-refractivity contribution in [2.24, 2.45) is 0 Å². The van der Waals surface area contributed by atoms with E-state index >= 15 is 0 Å². The van der Waals surface area contributed by atoms with Crippen molar-refractivity contribution < 1.29 is 5.48 Å². The van der Waals surface area contributed by atoms with Crippen molar-refractivity contribution in [3.63, 3.8) is 0 Å². The lowest BCUT2D eigenvalue weighted by atomic mass is 9.95. The lowest BCUT2D eigenvalue weighted by molar-refractivity contribution is 1.28. The normalized spacial score (nSPS) is 12.0. The summed E-state index contributed by atoms with van der Waals surface area (Å²) in [6.07, 6.45) is 0. The monoisotopic (exact) mass is 755 g/mol. The minimum Gasteiger partial charge on any atom is -0.311 e. The van der Waals surface area contributed by atoms with Gasteiger partial charge in [0.1, 0.15) is 0 Å². The average molecular weight is 756 g/mol. The molecule has 278 valence electrons. The van der Waals surface area contributed by atoms with Gasteiger partial charge in [-0.1, -0.05) is 206 Å². The molecule has 0 heterocycles. The van der Waals surface area contributed by atoms with Gasteiger partial charge in [0.05, 0.1) is 5.48 Å². The predicted molar refractivity (Wildman–Crippen MR) is 251 cm³/mol. The molecule has 0 aromatic heterocycles. The van der Waals surface area contributed by atoms with Gasteiger partial charge in [0, 0.05) is 17.1 Å². The molecule has 0 N–H and O–H groups in total. The molecule has 1 nitrogen and oxygen atoms in total. The minimum absolute atomic E-state index is 0.101. The molecule has 0 saturated carbocycles. The Kier molecular flexibility index (Phi) is 8.51. The SMILES string of the molecule is [2H]c1c([2H])c(N(c2ccc(-c3ccc(-c4ccccc4)cc3)cc2)c2ccc(-c3ccc(-c4ccccc4)cc3)cc2)c([2H])c([2H])c1-c1cccc(-c2cccc3ccccc23)c1. The summed E-state index contributed by atoms with van der Waals surface area (Å²) >= 11 is 0. The van der Waals surface area contributed by atoms with Crippen molar-refractivity contribution in [3.8, 4) is 66.8 Å². The average Bonchev–Trinajstić information content (AvgIpc) is 3.35. The zero-order valence-corrected chi connectivity index (χ0v) is 32.3. The van der Waals surface area contributed by atoms with E-state index in [0.29, 0.717) is 16.9 Å². The van der Waals surface area contributed by atoms with Crippen LogP contribution >= 0.6 is 0 Å². The van der Waals surface area contributed by atoms with Crippen LogP contribution in [-0.2, 0) is 0 Å². The first-order chi connectivity index (χ1) is 30.9. The van der Waals surface area contributed by atoms with Crippen LogP contribution in [0.1, 0.15) is 5.48 Å². The highest BCUT2D eigenvalue weighted by atomic mass is 15.1. The van der Waals surface area contributed by atoms with E-state index in [1.807, 2.05) is 132 Å². The van der Waals surface area contributed by atoms with Crippen molar-refractivity contribution in [1.29, 1.82) is 0 Å². The van der Waals surface area contributed by atoms with Gasteiger partial charge >= 0.3 is 0 Å². The first-order valence-electron chi connectivity index (χ1n) is 21.9. The predicted octanol–water partition coefficient (Wildman–Crippen LogP) is 16.3. The lowest BCUT2D eigenvalue weighted by Crippen LogP contribution is -2.09. The van der Waals surface area contributed by atoms with Crippen LogP contribution in [0.4, 0.5) is 17.1 Å². The molecule has 0 radical (unpaired) electrons. The van der Waals surface area contributed by atoms with Gasteiger partial charge in [-0.15, -0.1) is 0 Å². The standard InChI is InChI=1S/C58H41N/c1-3-11-42(12-4-1)44-21-25-46(26-22-44)48-29-35-54(36-30-48)59(55-37-31-49(32-38-55)47-27-23-45(24-28-47)43-13-5-2-6-14-43)56-39-33-50(34-40-56)52-17-9-18-53(41-52)58-20-10-16-51-15-7-8-19-57(51)58/h1-41H/i33D,34D,39D,40D. The van der Waals surface area contributed by atoms with Crippen molar-refractivity contribution in [2.75, 3.05) is 4.90 Å². The van der Waals surface area contributed by atoms with E-state index in [0.717, 1.165) is 66.4 Å². The highest BCUT2D eigenvalue weighted by molar-refractivity contribution is 5.97. The molecule has 0 bridgehead atoms. The molecular weight excluding hydrogens is 711 g/mol. The second kappa shape index (κ2) is 16.0. The Bertz CT molecular complexity index is 3060. The van der Waals surface area contributed by atoms with Gasteiger partial charge in [0.25, 0.3) is 0 Å². The van der Waals surface area contributed by atoms with Crippen molar-refractivity contribution in [2.45, 2.75) is 0 Å². The first kappa shape index (κ1) is 31.4. The maximum atomic E-state index is 9.58. The molecule has 0 saturated heterocycles. The Balaban J connectivity index is 1.05. The molecule has 0 unspecified atom stereocenters. The molecule has 10 aromatic carbocycles. The van der Waals surface area contributed by atoms with Gasteiger partial charge in [-0.3, -0.25) is 0 Å². The highest BCUT2D eigenvalue weighted by Gasteiger charge is 2.15. The zero-order valence-electron chi connectivity index (χ0n) is 36.3. The largest absolute Gasteiger partial charge is 0.311 e. The number of hydrogen-bond donors (Lipinski definition) is 0. The summed E-state index contributed by atoms with van der Waals surface area (Å²) in [5, 5.41) is 2.23. The Hall–Kier alpha value is -7.74. The Morgan fingerprint density at radius 2 is 0.627 bits per heavy atom. The molecule has 0 aliphatic rings. The summed E-state index contributed by atoms with van der Waals surface area (Å²) < 4.78 is 38.1. The topological polar surface area (TPSA) is 3.24 Å². The van der Waals surface area contributed by atoms with Crippen LogP contribution in [-0.4, -0.2) is 0 Å². The van der Waals surface area contributed by atoms with E-state index < -0.39 is 0 Å². The molecule has 10 rings (SSSR count). The van der Waals surface area contributed by atoms with E-state index in [1.54, 1.807) is 0 Å². The van der Waals surface area contributed by atoms with Gasteiger partial charge in [-0.2, -0.15) is 0 Å².